The van der Waals surface area contributed by atoms with E-state index in [0.717, 1.165) is 12.1 Å². The zero-order valence-corrected chi connectivity index (χ0v) is 9.21. The standard InChI is InChI=1S/C8H9F2N3O3S/c9-5-1-2-7(6(10)3-5)17(15,16)12-4-8(11)13-14/h1-3,12,14H,4H2,(H2,11,13). The van der Waals surface area contributed by atoms with Crippen molar-refractivity contribution in [3.63, 3.8) is 0 Å². The second-order valence-electron chi connectivity index (χ2n) is 2.99. The Morgan fingerprint density at radius 1 is 1.47 bits per heavy atom. The molecule has 4 N–H and O–H groups in total. The van der Waals surface area contributed by atoms with E-state index in [-0.39, 0.29) is 0 Å². The Morgan fingerprint density at radius 3 is 2.65 bits per heavy atom. The summed E-state index contributed by atoms with van der Waals surface area (Å²) in [4.78, 5) is -0.718. The van der Waals surface area contributed by atoms with Crippen molar-refractivity contribution in [1.82, 2.24) is 4.72 Å². The highest BCUT2D eigenvalue weighted by Gasteiger charge is 2.19. The van der Waals surface area contributed by atoms with Gasteiger partial charge in [-0.05, 0) is 12.1 Å². The predicted octanol–water partition coefficient (Wildman–Crippen LogP) is -0.0105. The van der Waals surface area contributed by atoms with Gasteiger partial charge in [0.05, 0.1) is 6.54 Å². The summed E-state index contributed by atoms with van der Waals surface area (Å²) in [5.74, 6) is -2.51. The fraction of sp³-hybridized carbons (Fsp3) is 0.125. The lowest BCUT2D eigenvalue weighted by molar-refractivity contribution is 0.317. The van der Waals surface area contributed by atoms with Crippen LogP contribution in [0.5, 0.6) is 0 Å². The summed E-state index contributed by atoms with van der Waals surface area (Å²) >= 11 is 0. The number of amidine groups is 1. The maximum absolute atomic E-state index is 13.2. The average molecular weight is 265 g/mol. The van der Waals surface area contributed by atoms with E-state index in [2.05, 4.69) is 5.16 Å². The minimum atomic E-state index is -4.18. The molecule has 9 heteroatoms. The molecule has 0 atom stereocenters. The molecule has 0 fully saturated rings. The first kappa shape index (κ1) is 13.3. The molecule has 1 aromatic carbocycles. The van der Waals surface area contributed by atoms with Crippen LogP contribution in [0.1, 0.15) is 0 Å². The highest BCUT2D eigenvalue weighted by Crippen LogP contribution is 2.14. The van der Waals surface area contributed by atoms with Gasteiger partial charge < -0.3 is 10.9 Å². The van der Waals surface area contributed by atoms with Crippen molar-refractivity contribution in [2.75, 3.05) is 6.54 Å². The molecule has 0 amide bonds. The van der Waals surface area contributed by atoms with Gasteiger partial charge in [0, 0.05) is 6.07 Å². The van der Waals surface area contributed by atoms with Crippen LogP contribution in [0, 0.1) is 11.6 Å². The van der Waals surface area contributed by atoms with Gasteiger partial charge >= 0.3 is 0 Å². The first-order valence-electron chi connectivity index (χ1n) is 4.28. The van der Waals surface area contributed by atoms with Gasteiger partial charge in [-0.3, -0.25) is 0 Å². The third-order valence-corrected chi connectivity index (χ3v) is 3.19. The molecule has 0 spiro atoms. The Balaban J connectivity index is 2.98. The fourth-order valence-corrected chi connectivity index (χ4v) is 2.03. The maximum Gasteiger partial charge on any atom is 0.243 e. The molecule has 0 radical (unpaired) electrons. The molecule has 0 aliphatic rings. The fourth-order valence-electron chi connectivity index (χ4n) is 0.975. The number of halogens is 2. The van der Waals surface area contributed by atoms with Crippen molar-refractivity contribution in [1.29, 1.82) is 0 Å². The Labute approximate surface area is 95.8 Å². The minimum Gasteiger partial charge on any atom is -0.409 e. The normalized spacial score (nSPS) is 12.7. The van der Waals surface area contributed by atoms with E-state index in [0.29, 0.717) is 6.07 Å². The van der Waals surface area contributed by atoms with Crippen molar-refractivity contribution in [2.45, 2.75) is 4.90 Å². The molecule has 1 rings (SSSR count). The molecular formula is C8H9F2N3O3S. The van der Waals surface area contributed by atoms with E-state index in [1.54, 1.807) is 0 Å². The van der Waals surface area contributed by atoms with Gasteiger partial charge in [-0.2, -0.15) is 0 Å². The van der Waals surface area contributed by atoms with Gasteiger partial charge in [0.15, 0.2) is 5.84 Å². The summed E-state index contributed by atoms with van der Waals surface area (Å²) in [6.45, 7) is -0.490. The van der Waals surface area contributed by atoms with E-state index in [1.165, 1.54) is 0 Å². The molecule has 0 saturated heterocycles. The van der Waals surface area contributed by atoms with Crippen molar-refractivity contribution in [2.24, 2.45) is 10.9 Å². The Hall–Kier alpha value is -1.74. The molecule has 94 valence electrons. The molecule has 0 aliphatic carbocycles. The lowest BCUT2D eigenvalue weighted by atomic mass is 10.3. The third kappa shape index (κ3) is 3.36. The van der Waals surface area contributed by atoms with Crippen molar-refractivity contribution in [3.8, 4) is 0 Å². The van der Waals surface area contributed by atoms with Crippen LogP contribution >= 0.6 is 0 Å². The van der Waals surface area contributed by atoms with Gasteiger partial charge in [-0.25, -0.2) is 21.9 Å². The second-order valence-corrected chi connectivity index (χ2v) is 4.73. The summed E-state index contributed by atoms with van der Waals surface area (Å²) in [6, 6.07) is 2.03. The number of benzene rings is 1. The highest BCUT2D eigenvalue weighted by molar-refractivity contribution is 7.89. The molecule has 0 aromatic heterocycles. The maximum atomic E-state index is 13.2. The average Bonchev–Trinajstić information content (AvgIpc) is 2.25. The smallest absolute Gasteiger partial charge is 0.243 e. The van der Waals surface area contributed by atoms with Crippen LogP contribution in [-0.4, -0.2) is 26.0 Å². The molecule has 0 bridgehead atoms. The summed E-state index contributed by atoms with van der Waals surface area (Å²) in [5.41, 5.74) is 5.04. The Bertz CT molecular complexity index is 545. The topological polar surface area (TPSA) is 105 Å². The van der Waals surface area contributed by atoms with Crippen LogP contribution in [0.4, 0.5) is 8.78 Å². The molecular weight excluding hydrogens is 256 g/mol. The van der Waals surface area contributed by atoms with Gasteiger partial charge in [0.2, 0.25) is 10.0 Å². The van der Waals surface area contributed by atoms with Crippen LogP contribution in [0.15, 0.2) is 28.3 Å². The van der Waals surface area contributed by atoms with E-state index in [4.69, 9.17) is 10.9 Å². The second kappa shape index (κ2) is 5.06. The van der Waals surface area contributed by atoms with E-state index < -0.39 is 38.9 Å². The molecule has 0 unspecified atom stereocenters. The number of hydrogen-bond donors (Lipinski definition) is 3. The molecule has 0 saturated carbocycles. The number of nitrogens with two attached hydrogens (primary N) is 1. The number of sulfonamides is 1. The molecule has 17 heavy (non-hydrogen) atoms. The number of nitrogens with one attached hydrogen (secondary N) is 1. The summed E-state index contributed by atoms with van der Waals surface area (Å²) in [7, 11) is -4.18. The summed E-state index contributed by atoms with van der Waals surface area (Å²) in [5, 5.41) is 10.7. The van der Waals surface area contributed by atoms with Gasteiger partial charge in [0.1, 0.15) is 16.5 Å². The molecule has 0 heterocycles. The van der Waals surface area contributed by atoms with Crippen LogP contribution in [-0.2, 0) is 10.0 Å². The van der Waals surface area contributed by atoms with E-state index >= 15 is 0 Å². The summed E-state index contributed by atoms with van der Waals surface area (Å²) < 4.78 is 50.7. The third-order valence-electron chi connectivity index (χ3n) is 1.76. The van der Waals surface area contributed by atoms with E-state index in [9.17, 15) is 17.2 Å². The lowest BCUT2D eigenvalue weighted by Crippen LogP contribution is -2.34. The molecule has 1 aromatic rings. The molecule has 6 nitrogen and oxygen atoms in total. The number of nitrogens with zero attached hydrogens (tertiary/aromatic N) is 1. The van der Waals surface area contributed by atoms with Crippen molar-refractivity contribution in [3.05, 3.63) is 29.8 Å². The quantitative estimate of drug-likeness (QED) is 0.308. The first-order chi connectivity index (χ1) is 7.86. The number of rotatable bonds is 4. The number of oxime groups is 1. The number of hydrogen-bond acceptors (Lipinski definition) is 4. The van der Waals surface area contributed by atoms with Gasteiger partial charge in [-0.15, -0.1) is 0 Å². The van der Waals surface area contributed by atoms with Crippen LogP contribution in [0.25, 0.3) is 0 Å². The highest BCUT2D eigenvalue weighted by atomic mass is 32.2. The minimum absolute atomic E-state index is 0.393. The first-order valence-corrected chi connectivity index (χ1v) is 5.76. The molecule has 0 aliphatic heterocycles. The Kier molecular flexibility index (Phi) is 3.97. The zero-order valence-electron chi connectivity index (χ0n) is 8.39. The van der Waals surface area contributed by atoms with Crippen LogP contribution < -0.4 is 10.5 Å². The van der Waals surface area contributed by atoms with Gasteiger partial charge in [0.25, 0.3) is 0 Å². The Morgan fingerprint density at radius 2 is 2.12 bits per heavy atom. The monoisotopic (exact) mass is 265 g/mol. The summed E-state index contributed by atoms with van der Waals surface area (Å²) in [6.07, 6.45) is 0. The van der Waals surface area contributed by atoms with Crippen molar-refractivity contribution >= 4 is 15.9 Å². The van der Waals surface area contributed by atoms with Crippen LogP contribution in [0.3, 0.4) is 0 Å². The SMILES string of the molecule is N/C(CNS(=O)(=O)c1ccc(F)cc1F)=N\O. The zero-order chi connectivity index (χ0) is 13.1. The van der Waals surface area contributed by atoms with Gasteiger partial charge in [-0.1, -0.05) is 5.16 Å². The predicted molar refractivity (Wildman–Crippen MR) is 55.0 cm³/mol. The van der Waals surface area contributed by atoms with E-state index in [1.807, 2.05) is 4.72 Å². The van der Waals surface area contributed by atoms with Crippen molar-refractivity contribution < 1.29 is 22.4 Å². The largest absolute Gasteiger partial charge is 0.409 e. The lowest BCUT2D eigenvalue weighted by Gasteiger charge is -2.06. The van der Waals surface area contributed by atoms with Crippen LogP contribution in [0.2, 0.25) is 0 Å².